The summed E-state index contributed by atoms with van der Waals surface area (Å²) in [6.07, 6.45) is 0.100. The number of rotatable bonds is 3. The number of amides is 1. The molecule has 1 unspecified atom stereocenters. The molecule has 1 saturated heterocycles. The van der Waals surface area contributed by atoms with Gasteiger partial charge in [-0.05, 0) is 29.8 Å². The van der Waals surface area contributed by atoms with Crippen molar-refractivity contribution in [2.75, 3.05) is 17.2 Å². The molecule has 1 aliphatic rings. The fourth-order valence-electron chi connectivity index (χ4n) is 2.64. The van der Waals surface area contributed by atoms with E-state index in [1.807, 2.05) is 6.07 Å². The molecular formula is C13H10BrCl2N3O3S. The lowest BCUT2D eigenvalue weighted by Gasteiger charge is -2.17. The lowest BCUT2D eigenvalue weighted by molar-refractivity contribution is -0.117. The van der Waals surface area contributed by atoms with Crippen LogP contribution in [0.1, 0.15) is 6.42 Å². The molecule has 3 rings (SSSR count). The van der Waals surface area contributed by atoms with Gasteiger partial charge in [0.25, 0.3) is 0 Å². The number of carbonyl (C=O) groups excluding carboxylic acids is 1. The third-order valence-electron chi connectivity index (χ3n) is 3.51. The Bertz CT molecular complexity index is 907. The van der Waals surface area contributed by atoms with Gasteiger partial charge in [0, 0.05) is 39.4 Å². The van der Waals surface area contributed by atoms with Gasteiger partial charge in [-0.15, -0.1) is 0 Å². The van der Waals surface area contributed by atoms with Crippen LogP contribution in [0.5, 0.6) is 0 Å². The van der Waals surface area contributed by atoms with Gasteiger partial charge in [0.15, 0.2) is 0 Å². The van der Waals surface area contributed by atoms with Gasteiger partial charge in [0.1, 0.15) is 5.82 Å². The normalized spacial score (nSPS) is 18.8. The molecular weight excluding hydrogens is 429 g/mol. The number of fused-ring (bicyclic) bond motifs is 1. The topological polar surface area (TPSA) is 80.2 Å². The summed E-state index contributed by atoms with van der Waals surface area (Å²) >= 11 is 9.32. The van der Waals surface area contributed by atoms with Crippen molar-refractivity contribution in [3.05, 3.63) is 28.0 Å². The van der Waals surface area contributed by atoms with Crippen LogP contribution in [0.3, 0.4) is 0 Å². The molecule has 0 spiro atoms. The van der Waals surface area contributed by atoms with E-state index >= 15 is 0 Å². The molecule has 2 heterocycles. The lowest BCUT2D eigenvalue weighted by atomic mass is 10.1. The molecule has 1 aromatic carbocycles. The maximum Gasteiger partial charge on any atom is 0.232 e. The van der Waals surface area contributed by atoms with E-state index in [0.717, 1.165) is 4.47 Å². The quantitative estimate of drug-likeness (QED) is 0.543. The maximum atomic E-state index is 12.3. The largest absolute Gasteiger partial charge is 0.296 e. The Morgan fingerprint density at radius 3 is 2.78 bits per heavy atom. The molecule has 0 saturated carbocycles. The Labute approximate surface area is 150 Å². The van der Waals surface area contributed by atoms with E-state index in [9.17, 15) is 13.2 Å². The molecule has 10 heteroatoms. The van der Waals surface area contributed by atoms with Crippen LogP contribution >= 0.6 is 38.2 Å². The minimum Gasteiger partial charge on any atom is -0.296 e. The minimum absolute atomic E-state index is 0.0241. The number of hydrogen-bond acceptors (Lipinski definition) is 5. The maximum absolute atomic E-state index is 12.3. The molecule has 6 nitrogen and oxygen atoms in total. The van der Waals surface area contributed by atoms with Gasteiger partial charge in [-0.3, -0.25) is 9.69 Å². The molecule has 1 aromatic heterocycles. The highest BCUT2D eigenvalue weighted by Crippen LogP contribution is 2.32. The summed E-state index contributed by atoms with van der Waals surface area (Å²) in [7, 11) is 1.62. The Kier molecular flexibility index (Phi) is 4.52. The number of anilines is 1. The number of halogens is 3. The van der Waals surface area contributed by atoms with Gasteiger partial charge < -0.3 is 0 Å². The van der Waals surface area contributed by atoms with E-state index in [1.54, 1.807) is 12.1 Å². The molecule has 122 valence electrons. The molecule has 23 heavy (non-hydrogen) atoms. The van der Waals surface area contributed by atoms with E-state index in [2.05, 4.69) is 25.9 Å². The van der Waals surface area contributed by atoms with Crippen molar-refractivity contribution in [3.63, 3.8) is 0 Å². The fourth-order valence-corrected chi connectivity index (χ4v) is 4.50. The average molecular weight is 439 g/mol. The molecule has 1 fully saturated rings. The number of aromatic nitrogens is 2. The van der Waals surface area contributed by atoms with Crippen LogP contribution in [-0.4, -0.2) is 36.6 Å². The predicted molar refractivity (Wildman–Crippen MR) is 92.3 cm³/mol. The van der Waals surface area contributed by atoms with Crippen LogP contribution < -0.4 is 4.90 Å². The first-order valence-electron chi connectivity index (χ1n) is 6.58. The smallest absolute Gasteiger partial charge is 0.232 e. The zero-order chi connectivity index (χ0) is 16.8. The Hall–Kier alpha value is -0.960. The first-order valence-corrected chi connectivity index (χ1v) is 10.2. The van der Waals surface area contributed by atoms with Crippen molar-refractivity contribution in [1.29, 1.82) is 0 Å². The highest BCUT2D eigenvalue weighted by molar-refractivity contribution is 9.10. The zero-order valence-corrected chi connectivity index (χ0v) is 15.5. The van der Waals surface area contributed by atoms with Crippen molar-refractivity contribution in [3.8, 4) is 0 Å². The molecule has 0 bridgehead atoms. The second-order valence-electron chi connectivity index (χ2n) is 5.26. The van der Waals surface area contributed by atoms with Crippen molar-refractivity contribution in [2.24, 2.45) is 5.92 Å². The first-order chi connectivity index (χ1) is 10.7. The van der Waals surface area contributed by atoms with Crippen molar-refractivity contribution in [1.82, 2.24) is 9.97 Å². The van der Waals surface area contributed by atoms with Crippen LogP contribution in [0.4, 0.5) is 5.82 Å². The molecule has 0 radical (unpaired) electrons. The van der Waals surface area contributed by atoms with Gasteiger partial charge in [-0.25, -0.2) is 13.4 Å². The van der Waals surface area contributed by atoms with E-state index in [0.29, 0.717) is 16.7 Å². The van der Waals surface area contributed by atoms with E-state index in [1.165, 1.54) is 4.90 Å². The Morgan fingerprint density at radius 1 is 1.35 bits per heavy atom. The number of hydrogen-bond donors (Lipinski definition) is 0. The SMILES string of the molecule is O=C1CC(CS(=O)(=O)Cl)CN1c1nc(Cl)nc2ccc(Br)cc12. The average Bonchev–Trinajstić information content (AvgIpc) is 2.76. The van der Waals surface area contributed by atoms with Gasteiger partial charge in [0.2, 0.25) is 20.2 Å². The van der Waals surface area contributed by atoms with Crippen molar-refractivity contribution in [2.45, 2.75) is 6.42 Å². The van der Waals surface area contributed by atoms with E-state index in [4.69, 9.17) is 22.3 Å². The fraction of sp³-hybridized carbons (Fsp3) is 0.308. The van der Waals surface area contributed by atoms with E-state index < -0.39 is 9.05 Å². The minimum atomic E-state index is -3.67. The summed E-state index contributed by atoms with van der Waals surface area (Å²) in [6, 6.07) is 5.36. The third kappa shape index (κ3) is 3.76. The summed E-state index contributed by atoms with van der Waals surface area (Å²) in [5.74, 6) is -0.467. The van der Waals surface area contributed by atoms with Crippen LogP contribution in [-0.2, 0) is 13.8 Å². The third-order valence-corrected chi connectivity index (χ3v) is 5.42. The standard InChI is InChI=1S/C13H10BrCl2N3O3S/c14-8-1-2-10-9(4-8)12(18-13(15)17-10)19-5-7(3-11(19)20)6-23(16,21)22/h1-2,4,7H,3,5-6H2. The molecule has 2 aromatic rings. The Balaban J connectivity index is 2.03. The molecule has 1 aliphatic heterocycles. The van der Waals surface area contributed by atoms with Crippen molar-refractivity contribution < 1.29 is 13.2 Å². The van der Waals surface area contributed by atoms with Crippen molar-refractivity contribution >= 4 is 69.9 Å². The first kappa shape index (κ1) is 16.9. The molecule has 1 amide bonds. The van der Waals surface area contributed by atoms with Gasteiger partial charge in [-0.1, -0.05) is 15.9 Å². The highest BCUT2D eigenvalue weighted by atomic mass is 79.9. The van der Waals surface area contributed by atoms with Crippen LogP contribution in [0.25, 0.3) is 10.9 Å². The van der Waals surface area contributed by atoms with Crippen LogP contribution in [0.2, 0.25) is 5.28 Å². The molecule has 0 aliphatic carbocycles. The lowest BCUT2D eigenvalue weighted by Crippen LogP contribution is -2.26. The Morgan fingerprint density at radius 2 is 2.09 bits per heavy atom. The summed E-state index contributed by atoms with van der Waals surface area (Å²) < 4.78 is 23.3. The number of benzene rings is 1. The van der Waals surface area contributed by atoms with Crippen LogP contribution in [0, 0.1) is 5.92 Å². The molecule has 1 atom stereocenters. The summed E-state index contributed by atoms with van der Waals surface area (Å²) in [5.41, 5.74) is 0.601. The number of carbonyl (C=O) groups is 1. The summed E-state index contributed by atoms with van der Waals surface area (Å²) in [6.45, 7) is 0.222. The second-order valence-corrected chi connectivity index (χ2v) is 9.33. The highest BCUT2D eigenvalue weighted by Gasteiger charge is 2.34. The monoisotopic (exact) mass is 437 g/mol. The summed E-state index contributed by atoms with van der Waals surface area (Å²) in [4.78, 5) is 22.0. The number of nitrogens with zero attached hydrogens (tertiary/aromatic N) is 3. The van der Waals surface area contributed by atoms with Gasteiger partial charge in [-0.2, -0.15) is 4.98 Å². The second kappa shape index (κ2) is 6.16. The van der Waals surface area contributed by atoms with Gasteiger partial charge >= 0.3 is 0 Å². The van der Waals surface area contributed by atoms with Crippen LogP contribution in [0.15, 0.2) is 22.7 Å². The molecule has 0 N–H and O–H groups in total. The van der Waals surface area contributed by atoms with E-state index in [-0.39, 0.29) is 35.8 Å². The predicted octanol–water partition coefficient (Wildman–Crippen LogP) is 2.97. The zero-order valence-electron chi connectivity index (χ0n) is 11.5. The summed E-state index contributed by atoms with van der Waals surface area (Å²) in [5, 5.41) is 0.683. The van der Waals surface area contributed by atoms with Gasteiger partial charge in [0.05, 0.1) is 11.3 Å².